The molecule has 35 heavy (non-hydrogen) atoms. The third-order valence-electron chi connectivity index (χ3n) is 4.42. The van der Waals surface area contributed by atoms with E-state index in [1.165, 1.54) is 79.7 Å². The van der Waals surface area contributed by atoms with E-state index in [-0.39, 0.29) is 32.3 Å². The van der Waals surface area contributed by atoms with Crippen molar-refractivity contribution < 1.29 is 26.6 Å². The summed E-state index contributed by atoms with van der Waals surface area (Å²) in [6, 6.07) is 17.0. The summed E-state index contributed by atoms with van der Waals surface area (Å²) in [5.74, 6) is -1.77. The summed E-state index contributed by atoms with van der Waals surface area (Å²) in [5.41, 5.74) is 0.460. The minimum absolute atomic E-state index is 0.0256. The summed E-state index contributed by atoms with van der Waals surface area (Å²) in [4.78, 5) is 23.3. The van der Waals surface area contributed by atoms with Crippen LogP contribution in [0.5, 0.6) is 5.75 Å². The lowest BCUT2D eigenvalue weighted by molar-refractivity contribution is -0.114. The number of para-hydroxylation sites is 1. The van der Waals surface area contributed by atoms with Crippen molar-refractivity contribution in [2.75, 3.05) is 10.6 Å². The van der Waals surface area contributed by atoms with Gasteiger partial charge in [-0.25, -0.2) is 4.39 Å². The van der Waals surface area contributed by atoms with Gasteiger partial charge in [-0.05, 0) is 76.1 Å². The molecule has 0 bridgehead atoms. The highest BCUT2D eigenvalue weighted by atomic mass is 79.9. The number of anilines is 2. The SMILES string of the molecule is CC(=O)Nc1ccc(S(=O)(=O)Oc2ccc(/C=C(\C#N)C(=O)Nc3ccccc3F)cc2Br)cc1. The van der Waals surface area contributed by atoms with E-state index < -0.39 is 21.8 Å². The van der Waals surface area contributed by atoms with Crippen LogP contribution in [-0.4, -0.2) is 20.2 Å². The maximum atomic E-state index is 13.8. The number of benzene rings is 3. The van der Waals surface area contributed by atoms with Crippen LogP contribution < -0.4 is 14.8 Å². The number of carbonyl (C=O) groups excluding carboxylic acids is 2. The molecule has 0 saturated heterocycles. The summed E-state index contributed by atoms with van der Waals surface area (Å²) in [6.07, 6.45) is 1.26. The summed E-state index contributed by atoms with van der Waals surface area (Å²) in [7, 11) is -4.18. The highest BCUT2D eigenvalue weighted by Gasteiger charge is 2.19. The molecule has 0 radical (unpaired) electrons. The average molecular weight is 558 g/mol. The van der Waals surface area contributed by atoms with Crippen LogP contribution in [0.3, 0.4) is 0 Å². The molecule has 3 rings (SSSR count). The van der Waals surface area contributed by atoms with Gasteiger partial charge in [-0.3, -0.25) is 9.59 Å². The van der Waals surface area contributed by atoms with Gasteiger partial charge in [0.2, 0.25) is 5.91 Å². The van der Waals surface area contributed by atoms with Crippen molar-refractivity contribution in [3.05, 3.63) is 88.2 Å². The number of nitrogens with one attached hydrogen (secondary N) is 2. The molecule has 0 aromatic heterocycles. The zero-order chi connectivity index (χ0) is 25.6. The van der Waals surface area contributed by atoms with Gasteiger partial charge in [-0.1, -0.05) is 18.2 Å². The second kappa shape index (κ2) is 10.9. The van der Waals surface area contributed by atoms with Gasteiger partial charge in [0, 0.05) is 12.6 Å². The molecule has 11 heteroatoms. The monoisotopic (exact) mass is 557 g/mol. The van der Waals surface area contributed by atoms with E-state index in [9.17, 15) is 27.7 Å². The van der Waals surface area contributed by atoms with E-state index >= 15 is 0 Å². The molecule has 2 N–H and O–H groups in total. The Morgan fingerprint density at radius 1 is 1.06 bits per heavy atom. The molecule has 0 unspecified atom stereocenters. The molecule has 3 aromatic carbocycles. The lowest BCUT2D eigenvalue weighted by Crippen LogP contribution is -2.14. The Bertz CT molecular complexity index is 1470. The Morgan fingerprint density at radius 2 is 1.74 bits per heavy atom. The van der Waals surface area contributed by atoms with Crippen LogP contribution in [0.1, 0.15) is 12.5 Å². The van der Waals surface area contributed by atoms with E-state index in [2.05, 4.69) is 26.6 Å². The van der Waals surface area contributed by atoms with E-state index in [4.69, 9.17) is 4.18 Å². The second-order valence-corrected chi connectivity index (χ2v) is 9.44. The van der Waals surface area contributed by atoms with Crippen LogP contribution in [0.4, 0.5) is 15.8 Å². The van der Waals surface area contributed by atoms with E-state index in [1.54, 1.807) is 6.07 Å². The second-order valence-electron chi connectivity index (χ2n) is 7.04. The van der Waals surface area contributed by atoms with Crippen molar-refractivity contribution in [3.63, 3.8) is 0 Å². The molecular weight excluding hydrogens is 541 g/mol. The number of hydrogen-bond donors (Lipinski definition) is 2. The summed E-state index contributed by atoms with van der Waals surface area (Å²) in [6.45, 7) is 1.33. The number of nitriles is 1. The standard InChI is InChI=1S/C24H17BrFN3O5S/c1-15(30)28-18-7-9-19(10-8-18)35(32,33)34-23-11-6-16(13-20(23)25)12-17(14-27)24(31)29-22-5-3-2-4-21(22)26/h2-13H,1H3,(H,28,30)(H,29,31)/b17-12+. The zero-order valence-electron chi connectivity index (χ0n) is 18.1. The first-order chi connectivity index (χ1) is 16.6. The topological polar surface area (TPSA) is 125 Å². The Balaban J connectivity index is 1.77. The number of nitrogens with zero attached hydrogens (tertiary/aromatic N) is 1. The molecule has 0 atom stereocenters. The molecule has 2 amide bonds. The lowest BCUT2D eigenvalue weighted by atomic mass is 10.1. The molecule has 0 fully saturated rings. The van der Waals surface area contributed by atoms with Crippen molar-refractivity contribution in [2.45, 2.75) is 11.8 Å². The fourth-order valence-electron chi connectivity index (χ4n) is 2.82. The maximum Gasteiger partial charge on any atom is 0.339 e. The van der Waals surface area contributed by atoms with Crippen molar-refractivity contribution in [3.8, 4) is 11.8 Å². The summed E-state index contributed by atoms with van der Waals surface area (Å²) in [5, 5.41) is 14.2. The average Bonchev–Trinajstić information content (AvgIpc) is 2.80. The van der Waals surface area contributed by atoms with Crippen LogP contribution in [-0.2, 0) is 19.7 Å². The molecule has 178 valence electrons. The van der Waals surface area contributed by atoms with E-state index in [1.807, 2.05) is 0 Å². The molecule has 0 spiro atoms. The fourth-order valence-corrected chi connectivity index (χ4v) is 4.35. The van der Waals surface area contributed by atoms with Gasteiger partial charge >= 0.3 is 10.1 Å². The normalized spacial score (nSPS) is 11.3. The largest absolute Gasteiger partial charge is 0.378 e. The summed E-state index contributed by atoms with van der Waals surface area (Å²) < 4.78 is 44.4. The Labute approximate surface area is 209 Å². The van der Waals surface area contributed by atoms with E-state index in [0.717, 1.165) is 0 Å². The predicted molar refractivity (Wildman–Crippen MR) is 131 cm³/mol. The Kier molecular flexibility index (Phi) is 8.01. The summed E-state index contributed by atoms with van der Waals surface area (Å²) >= 11 is 3.22. The molecule has 0 aliphatic rings. The van der Waals surface area contributed by atoms with Crippen LogP contribution in [0.2, 0.25) is 0 Å². The van der Waals surface area contributed by atoms with Crippen molar-refractivity contribution in [2.24, 2.45) is 0 Å². The molecule has 0 aliphatic carbocycles. The van der Waals surface area contributed by atoms with Gasteiger partial charge in [0.1, 0.15) is 22.4 Å². The molecular formula is C24H17BrFN3O5S. The van der Waals surface area contributed by atoms with Gasteiger partial charge < -0.3 is 14.8 Å². The van der Waals surface area contributed by atoms with Gasteiger partial charge in [-0.15, -0.1) is 0 Å². The Morgan fingerprint density at radius 3 is 2.34 bits per heavy atom. The van der Waals surface area contributed by atoms with Crippen LogP contribution in [0.15, 0.2) is 81.7 Å². The van der Waals surface area contributed by atoms with Crippen LogP contribution in [0.25, 0.3) is 6.08 Å². The number of rotatable bonds is 7. The number of amides is 2. The van der Waals surface area contributed by atoms with Crippen molar-refractivity contribution >= 4 is 55.3 Å². The van der Waals surface area contributed by atoms with Gasteiger partial charge in [0.25, 0.3) is 5.91 Å². The first-order valence-corrected chi connectivity index (χ1v) is 12.1. The minimum Gasteiger partial charge on any atom is -0.378 e. The third kappa shape index (κ3) is 6.75. The van der Waals surface area contributed by atoms with Gasteiger partial charge in [0.05, 0.1) is 10.2 Å². The van der Waals surface area contributed by atoms with Gasteiger partial charge in [-0.2, -0.15) is 13.7 Å². The molecule has 0 heterocycles. The first kappa shape index (κ1) is 25.6. The van der Waals surface area contributed by atoms with Crippen LogP contribution >= 0.6 is 15.9 Å². The molecule has 8 nitrogen and oxygen atoms in total. The lowest BCUT2D eigenvalue weighted by Gasteiger charge is -2.10. The highest BCUT2D eigenvalue weighted by molar-refractivity contribution is 9.10. The number of carbonyl (C=O) groups is 2. The maximum absolute atomic E-state index is 13.8. The highest BCUT2D eigenvalue weighted by Crippen LogP contribution is 2.30. The number of halogens is 2. The first-order valence-electron chi connectivity index (χ1n) is 9.88. The fraction of sp³-hybridized carbons (Fsp3) is 0.0417. The van der Waals surface area contributed by atoms with Crippen molar-refractivity contribution in [1.82, 2.24) is 0 Å². The molecule has 3 aromatic rings. The van der Waals surface area contributed by atoms with E-state index in [0.29, 0.717) is 11.3 Å². The number of hydrogen-bond acceptors (Lipinski definition) is 6. The minimum atomic E-state index is -4.18. The predicted octanol–water partition coefficient (Wildman–Crippen LogP) is 4.86. The smallest absolute Gasteiger partial charge is 0.339 e. The third-order valence-corrected chi connectivity index (χ3v) is 6.29. The molecule has 0 saturated carbocycles. The van der Waals surface area contributed by atoms with Gasteiger partial charge in [0.15, 0.2) is 5.75 Å². The zero-order valence-corrected chi connectivity index (χ0v) is 20.5. The van der Waals surface area contributed by atoms with Crippen LogP contribution in [0, 0.1) is 17.1 Å². The Hall–Kier alpha value is -4.01. The quantitative estimate of drug-likeness (QED) is 0.243. The molecule has 0 aliphatic heterocycles. The van der Waals surface area contributed by atoms with Crippen molar-refractivity contribution in [1.29, 1.82) is 5.26 Å².